The lowest BCUT2D eigenvalue weighted by molar-refractivity contribution is 0.102. The molecule has 4 nitrogen and oxygen atoms in total. The Hall–Kier alpha value is -1.79. The summed E-state index contributed by atoms with van der Waals surface area (Å²) in [5.74, 6) is -0.327. The third-order valence-electron chi connectivity index (χ3n) is 3.00. The Balaban J connectivity index is 2.27. The van der Waals surface area contributed by atoms with Gasteiger partial charge in [0, 0.05) is 22.0 Å². The van der Waals surface area contributed by atoms with Gasteiger partial charge < -0.3 is 5.32 Å². The summed E-state index contributed by atoms with van der Waals surface area (Å²) in [5, 5.41) is 3.10. The standard InChI is InChI=1S/C17H19NO3S2/c1-12(2)22-14-8-6-7-13(11-14)17(19)18-15-9-4-5-10-16(15)23(3,20)21/h4-12H,1-3H3,(H,18,19). The van der Waals surface area contributed by atoms with E-state index in [1.165, 1.54) is 6.07 Å². The molecule has 2 aromatic carbocycles. The molecule has 2 aromatic rings. The highest BCUT2D eigenvalue weighted by molar-refractivity contribution is 7.99. The number of benzene rings is 2. The van der Waals surface area contributed by atoms with Gasteiger partial charge in [-0.25, -0.2) is 8.42 Å². The van der Waals surface area contributed by atoms with Crippen LogP contribution >= 0.6 is 11.8 Å². The molecule has 0 radical (unpaired) electrons. The molecule has 23 heavy (non-hydrogen) atoms. The van der Waals surface area contributed by atoms with Crippen LogP contribution in [0, 0.1) is 0 Å². The van der Waals surface area contributed by atoms with E-state index >= 15 is 0 Å². The van der Waals surface area contributed by atoms with Crippen LogP contribution in [0.1, 0.15) is 24.2 Å². The first-order chi connectivity index (χ1) is 10.8. The maximum Gasteiger partial charge on any atom is 0.255 e. The molecular weight excluding hydrogens is 330 g/mol. The van der Waals surface area contributed by atoms with Gasteiger partial charge in [0.25, 0.3) is 5.91 Å². The minimum atomic E-state index is -3.40. The molecule has 1 amide bonds. The highest BCUT2D eigenvalue weighted by Crippen LogP contribution is 2.25. The first-order valence-electron chi connectivity index (χ1n) is 7.14. The molecule has 1 N–H and O–H groups in total. The van der Waals surface area contributed by atoms with Crippen LogP contribution in [-0.4, -0.2) is 25.8 Å². The van der Waals surface area contributed by atoms with Crippen molar-refractivity contribution in [1.29, 1.82) is 0 Å². The minimum absolute atomic E-state index is 0.112. The molecule has 2 rings (SSSR count). The maximum atomic E-state index is 12.4. The molecule has 0 aliphatic heterocycles. The molecular formula is C17H19NO3S2. The molecule has 122 valence electrons. The third kappa shape index (κ3) is 4.84. The maximum absolute atomic E-state index is 12.4. The fraction of sp³-hybridized carbons (Fsp3) is 0.235. The van der Waals surface area contributed by atoms with Gasteiger partial charge in [-0.1, -0.05) is 32.0 Å². The van der Waals surface area contributed by atoms with Crippen LogP contribution in [0.15, 0.2) is 58.3 Å². The van der Waals surface area contributed by atoms with Gasteiger partial charge in [0.2, 0.25) is 0 Å². The number of hydrogen-bond donors (Lipinski definition) is 1. The topological polar surface area (TPSA) is 63.2 Å². The number of sulfone groups is 1. The van der Waals surface area contributed by atoms with Crippen LogP contribution in [0.2, 0.25) is 0 Å². The predicted molar refractivity (Wildman–Crippen MR) is 94.9 cm³/mol. The summed E-state index contributed by atoms with van der Waals surface area (Å²) in [6.07, 6.45) is 1.12. The van der Waals surface area contributed by atoms with Crippen LogP contribution in [-0.2, 0) is 9.84 Å². The second kappa shape index (κ2) is 7.19. The summed E-state index contributed by atoms with van der Waals surface area (Å²) >= 11 is 1.67. The molecule has 0 aromatic heterocycles. The largest absolute Gasteiger partial charge is 0.321 e. The van der Waals surface area contributed by atoms with Crippen molar-refractivity contribution < 1.29 is 13.2 Å². The second-order valence-electron chi connectivity index (χ2n) is 5.42. The molecule has 0 atom stereocenters. The zero-order valence-corrected chi connectivity index (χ0v) is 14.9. The molecule has 0 aliphatic carbocycles. The number of rotatable bonds is 5. The number of hydrogen-bond acceptors (Lipinski definition) is 4. The van der Waals surface area contributed by atoms with E-state index in [2.05, 4.69) is 19.2 Å². The Bertz CT molecular complexity index is 814. The first-order valence-corrected chi connectivity index (χ1v) is 9.91. The summed E-state index contributed by atoms with van der Waals surface area (Å²) in [6, 6.07) is 13.7. The third-order valence-corrected chi connectivity index (χ3v) is 5.16. The molecule has 0 unspecified atom stereocenters. The number of amides is 1. The molecule has 6 heteroatoms. The van der Waals surface area contributed by atoms with Crippen molar-refractivity contribution in [2.24, 2.45) is 0 Å². The Morgan fingerprint density at radius 2 is 1.78 bits per heavy atom. The van der Waals surface area contributed by atoms with Crippen LogP contribution in [0.3, 0.4) is 0 Å². The molecule has 0 saturated heterocycles. The molecule has 0 saturated carbocycles. The minimum Gasteiger partial charge on any atom is -0.321 e. The van der Waals surface area contributed by atoms with Crippen LogP contribution < -0.4 is 5.32 Å². The molecule has 0 spiro atoms. The highest BCUT2D eigenvalue weighted by Gasteiger charge is 2.15. The highest BCUT2D eigenvalue weighted by atomic mass is 32.2. The quantitative estimate of drug-likeness (QED) is 0.833. The summed E-state index contributed by atoms with van der Waals surface area (Å²) in [4.78, 5) is 13.5. The van der Waals surface area contributed by atoms with Gasteiger partial charge in [-0.3, -0.25) is 4.79 Å². The monoisotopic (exact) mass is 349 g/mol. The van der Waals surface area contributed by atoms with Gasteiger partial charge in [-0.15, -0.1) is 11.8 Å². The number of anilines is 1. The van der Waals surface area contributed by atoms with Crippen LogP contribution in [0.5, 0.6) is 0 Å². The van der Waals surface area contributed by atoms with Crippen LogP contribution in [0.25, 0.3) is 0 Å². The average Bonchev–Trinajstić information content (AvgIpc) is 2.46. The van der Waals surface area contributed by atoms with E-state index in [1.54, 1.807) is 36.0 Å². The van der Waals surface area contributed by atoms with Gasteiger partial charge in [0.1, 0.15) is 0 Å². The number of thioether (sulfide) groups is 1. The Kier molecular flexibility index (Phi) is 5.49. The van der Waals surface area contributed by atoms with Crippen molar-refractivity contribution in [2.45, 2.75) is 28.9 Å². The molecule has 0 aliphatic rings. The lowest BCUT2D eigenvalue weighted by atomic mass is 10.2. The predicted octanol–water partition coefficient (Wildman–Crippen LogP) is 3.84. The van der Waals surface area contributed by atoms with E-state index in [-0.39, 0.29) is 10.8 Å². The van der Waals surface area contributed by atoms with Gasteiger partial charge in [0.15, 0.2) is 9.84 Å². The number of carbonyl (C=O) groups is 1. The van der Waals surface area contributed by atoms with Crippen LogP contribution in [0.4, 0.5) is 5.69 Å². The van der Waals surface area contributed by atoms with Gasteiger partial charge >= 0.3 is 0 Å². The SMILES string of the molecule is CC(C)Sc1cccc(C(=O)Nc2ccccc2S(C)(=O)=O)c1. The summed E-state index contributed by atoms with van der Waals surface area (Å²) in [5.41, 5.74) is 0.792. The normalized spacial score (nSPS) is 11.5. The van der Waals surface area contributed by atoms with E-state index in [4.69, 9.17) is 0 Å². The van der Waals surface area contributed by atoms with Gasteiger partial charge in [-0.2, -0.15) is 0 Å². The van der Waals surface area contributed by atoms with Crippen molar-refractivity contribution in [3.63, 3.8) is 0 Å². The van der Waals surface area contributed by atoms with E-state index in [0.717, 1.165) is 11.2 Å². The first kappa shape index (κ1) is 17.6. The van der Waals surface area contributed by atoms with E-state index < -0.39 is 9.84 Å². The van der Waals surface area contributed by atoms with E-state index in [9.17, 15) is 13.2 Å². The molecule has 0 heterocycles. The van der Waals surface area contributed by atoms with Crippen molar-refractivity contribution >= 4 is 33.2 Å². The smallest absolute Gasteiger partial charge is 0.255 e. The number of nitrogens with one attached hydrogen (secondary N) is 1. The number of para-hydroxylation sites is 1. The zero-order chi connectivity index (χ0) is 17.0. The van der Waals surface area contributed by atoms with E-state index in [1.807, 2.05) is 18.2 Å². The Morgan fingerprint density at radius 3 is 2.43 bits per heavy atom. The van der Waals surface area contributed by atoms with Crippen molar-refractivity contribution in [3.05, 3.63) is 54.1 Å². The van der Waals surface area contributed by atoms with Crippen molar-refractivity contribution in [1.82, 2.24) is 0 Å². The van der Waals surface area contributed by atoms with Crippen molar-refractivity contribution in [3.8, 4) is 0 Å². The van der Waals surface area contributed by atoms with E-state index in [0.29, 0.717) is 16.5 Å². The summed E-state index contributed by atoms with van der Waals surface area (Å²) < 4.78 is 23.6. The average molecular weight is 349 g/mol. The fourth-order valence-corrected chi connectivity index (χ4v) is 3.81. The summed E-state index contributed by atoms with van der Waals surface area (Å²) in [7, 11) is -3.40. The Labute approximate surface area is 141 Å². The van der Waals surface area contributed by atoms with Gasteiger partial charge in [0.05, 0.1) is 10.6 Å². The molecule has 0 fully saturated rings. The fourth-order valence-electron chi connectivity index (χ4n) is 2.07. The van der Waals surface area contributed by atoms with Gasteiger partial charge in [-0.05, 0) is 30.3 Å². The van der Waals surface area contributed by atoms with Crippen molar-refractivity contribution in [2.75, 3.05) is 11.6 Å². The lowest BCUT2D eigenvalue weighted by Crippen LogP contribution is -2.14. The summed E-state index contributed by atoms with van der Waals surface area (Å²) in [6.45, 7) is 4.17. The zero-order valence-electron chi connectivity index (χ0n) is 13.2. The second-order valence-corrected chi connectivity index (χ2v) is 9.05. The Morgan fingerprint density at radius 1 is 1.09 bits per heavy atom. The molecule has 0 bridgehead atoms. The lowest BCUT2D eigenvalue weighted by Gasteiger charge is -2.11. The number of carbonyl (C=O) groups excluding carboxylic acids is 1.